The first-order valence-corrected chi connectivity index (χ1v) is 4.84. The van der Waals surface area contributed by atoms with Gasteiger partial charge in [-0.2, -0.15) is 18.4 Å². The number of rotatable bonds is 4. The van der Waals surface area contributed by atoms with E-state index in [0.29, 0.717) is 6.54 Å². The van der Waals surface area contributed by atoms with Crippen LogP contribution in [0.4, 0.5) is 13.2 Å². The van der Waals surface area contributed by atoms with E-state index in [1.807, 2.05) is 20.8 Å². The number of nitrogens with zero attached hydrogens (tertiary/aromatic N) is 1. The zero-order valence-electron chi connectivity index (χ0n) is 9.28. The molecule has 0 amide bonds. The van der Waals surface area contributed by atoms with Crippen molar-refractivity contribution in [2.24, 2.45) is 11.3 Å². The molecule has 0 aliphatic carbocycles. The molecule has 0 spiro atoms. The van der Waals surface area contributed by atoms with Crippen LogP contribution in [-0.4, -0.2) is 19.3 Å². The molecular weight excluding hydrogens is 205 g/mol. The largest absolute Gasteiger partial charge is 0.405 e. The summed E-state index contributed by atoms with van der Waals surface area (Å²) in [5, 5.41) is 11.0. The number of hydrogen-bond donors (Lipinski definition) is 1. The van der Waals surface area contributed by atoms with E-state index in [9.17, 15) is 13.2 Å². The molecule has 2 nitrogen and oxygen atoms in total. The van der Waals surface area contributed by atoms with Gasteiger partial charge in [-0.05, 0) is 18.4 Å². The average molecular weight is 222 g/mol. The molecule has 1 atom stereocenters. The summed E-state index contributed by atoms with van der Waals surface area (Å²) in [7, 11) is 0. The summed E-state index contributed by atoms with van der Waals surface area (Å²) in [5.41, 5.74) is 0.0906. The van der Waals surface area contributed by atoms with E-state index in [1.54, 1.807) is 0 Å². The highest BCUT2D eigenvalue weighted by Crippen LogP contribution is 2.25. The Hall–Kier alpha value is -0.760. The van der Waals surface area contributed by atoms with Crippen molar-refractivity contribution >= 4 is 0 Å². The third-order valence-electron chi connectivity index (χ3n) is 1.95. The normalized spacial score (nSPS) is 14.7. The molecule has 0 aromatic rings. The van der Waals surface area contributed by atoms with Crippen LogP contribution in [0.3, 0.4) is 0 Å². The topological polar surface area (TPSA) is 35.8 Å². The van der Waals surface area contributed by atoms with Crippen LogP contribution in [0.5, 0.6) is 0 Å². The van der Waals surface area contributed by atoms with Gasteiger partial charge in [0.1, 0.15) is 0 Å². The fourth-order valence-corrected chi connectivity index (χ4v) is 0.944. The molecule has 0 saturated carbocycles. The molecule has 5 heteroatoms. The Bertz CT molecular complexity index is 222. The molecular formula is C10H17F3N2. The van der Waals surface area contributed by atoms with Crippen LogP contribution in [0, 0.1) is 22.7 Å². The molecule has 1 unspecified atom stereocenters. The van der Waals surface area contributed by atoms with Crippen LogP contribution >= 0.6 is 0 Å². The second-order valence-electron chi connectivity index (χ2n) is 4.74. The van der Waals surface area contributed by atoms with Crippen LogP contribution in [0.2, 0.25) is 0 Å². The molecule has 0 aliphatic heterocycles. The van der Waals surface area contributed by atoms with Crippen LogP contribution in [0.1, 0.15) is 27.2 Å². The molecule has 0 aromatic heterocycles. The fraction of sp³-hybridized carbons (Fsp3) is 0.900. The summed E-state index contributed by atoms with van der Waals surface area (Å²) in [6.07, 6.45) is -3.65. The van der Waals surface area contributed by atoms with Crippen molar-refractivity contribution in [1.29, 1.82) is 5.26 Å². The van der Waals surface area contributed by atoms with Crippen molar-refractivity contribution in [1.82, 2.24) is 5.32 Å². The van der Waals surface area contributed by atoms with Gasteiger partial charge in [0.05, 0.1) is 6.07 Å². The minimum atomic E-state index is -4.43. The van der Waals surface area contributed by atoms with Gasteiger partial charge in [-0.3, -0.25) is 0 Å². The standard InChI is InChI=1S/C10H17F3N2/c1-9(2,3)4-5-15-7-8(6-14)10(11,12)13/h8,15H,4-5,7H2,1-3H3. The molecule has 0 aromatic carbocycles. The number of hydrogen-bond acceptors (Lipinski definition) is 2. The minimum Gasteiger partial charge on any atom is -0.315 e. The van der Waals surface area contributed by atoms with E-state index >= 15 is 0 Å². The molecule has 0 radical (unpaired) electrons. The fourth-order valence-electron chi connectivity index (χ4n) is 0.944. The lowest BCUT2D eigenvalue weighted by Crippen LogP contribution is -2.33. The van der Waals surface area contributed by atoms with Gasteiger partial charge in [0.2, 0.25) is 0 Å². The minimum absolute atomic E-state index is 0.0906. The molecule has 0 fully saturated rings. The quantitative estimate of drug-likeness (QED) is 0.742. The molecule has 0 aliphatic rings. The first kappa shape index (κ1) is 14.2. The molecule has 15 heavy (non-hydrogen) atoms. The Kier molecular flexibility index (Phi) is 5.09. The highest BCUT2D eigenvalue weighted by atomic mass is 19.4. The summed E-state index contributed by atoms with van der Waals surface area (Å²) in [6, 6.07) is 1.25. The summed E-state index contributed by atoms with van der Waals surface area (Å²) in [6.45, 7) is 6.22. The van der Waals surface area contributed by atoms with Gasteiger partial charge in [-0.25, -0.2) is 0 Å². The molecule has 0 rings (SSSR count). The summed E-state index contributed by atoms with van der Waals surface area (Å²) in [5.74, 6) is -1.91. The summed E-state index contributed by atoms with van der Waals surface area (Å²) < 4.78 is 36.4. The Morgan fingerprint density at radius 2 is 1.80 bits per heavy atom. The first-order chi connectivity index (χ1) is 6.67. The van der Waals surface area contributed by atoms with Crippen molar-refractivity contribution in [2.45, 2.75) is 33.4 Å². The van der Waals surface area contributed by atoms with E-state index < -0.39 is 12.1 Å². The zero-order chi connectivity index (χ0) is 12.1. The second-order valence-corrected chi connectivity index (χ2v) is 4.74. The van der Waals surface area contributed by atoms with Crippen molar-refractivity contribution < 1.29 is 13.2 Å². The second kappa shape index (κ2) is 5.36. The SMILES string of the molecule is CC(C)(C)CCNCC(C#N)C(F)(F)F. The molecule has 1 N–H and O–H groups in total. The van der Waals surface area contributed by atoms with E-state index in [1.165, 1.54) is 6.07 Å². The third kappa shape index (κ3) is 7.20. The van der Waals surface area contributed by atoms with Crippen molar-refractivity contribution in [3.8, 4) is 6.07 Å². The average Bonchev–Trinajstić information content (AvgIpc) is 1.99. The van der Waals surface area contributed by atoms with Gasteiger partial charge in [0.25, 0.3) is 0 Å². The van der Waals surface area contributed by atoms with E-state index in [0.717, 1.165) is 6.42 Å². The van der Waals surface area contributed by atoms with Gasteiger partial charge in [-0.1, -0.05) is 20.8 Å². The molecule has 0 heterocycles. The van der Waals surface area contributed by atoms with Crippen molar-refractivity contribution in [2.75, 3.05) is 13.1 Å². The van der Waals surface area contributed by atoms with Gasteiger partial charge in [0.15, 0.2) is 5.92 Å². The van der Waals surface area contributed by atoms with Gasteiger partial charge in [0, 0.05) is 6.54 Å². The highest BCUT2D eigenvalue weighted by Gasteiger charge is 2.39. The Labute approximate surface area is 88.5 Å². The van der Waals surface area contributed by atoms with Crippen molar-refractivity contribution in [3.05, 3.63) is 0 Å². The Balaban J connectivity index is 3.81. The van der Waals surface area contributed by atoms with E-state index in [2.05, 4.69) is 5.32 Å². The van der Waals surface area contributed by atoms with E-state index in [-0.39, 0.29) is 12.0 Å². The summed E-state index contributed by atoms with van der Waals surface area (Å²) in [4.78, 5) is 0. The van der Waals surface area contributed by atoms with E-state index in [4.69, 9.17) is 5.26 Å². The monoisotopic (exact) mass is 222 g/mol. The maximum Gasteiger partial charge on any atom is 0.405 e. The van der Waals surface area contributed by atoms with Gasteiger partial charge in [-0.15, -0.1) is 0 Å². The van der Waals surface area contributed by atoms with Crippen LogP contribution < -0.4 is 5.32 Å². The summed E-state index contributed by atoms with van der Waals surface area (Å²) >= 11 is 0. The Morgan fingerprint density at radius 1 is 1.27 bits per heavy atom. The van der Waals surface area contributed by atoms with Crippen LogP contribution in [0.25, 0.3) is 0 Å². The Morgan fingerprint density at radius 3 is 2.13 bits per heavy atom. The maximum atomic E-state index is 12.1. The maximum absolute atomic E-state index is 12.1. The molecule has 0 saturated heterocycles. The van der Waals surface area contributed by atoms with Crippen LogP contribution in [0.15, 0.2) is 0 Å². The lowest BCUT2D eigenvalue weighted by Gasteiger charge is -2.19. The predicted octanol–water partition coefficient (Wildman–Crippen LogP) is 2.71. The van der Waals surface area contributed by atoms with Crippen LogP contribution in [-0.2, 0) is 0 Å². The van der Waals surface area contributed by atoms with Crippen molar-refractivity contribution in [3.63, 3.8) is 0 Å². The lowest BCUT2D eigenvalue weighted by molar-refractivity contribution is -0.157. The molecule has 88 valence electrons. The zero-order valence-corrected chi connectivity index (χ0v) is 9.28. The first-order valence-electron chi connectivity index (χ1n) is 4.84. The molecule has 0 bridgehead atoms. The third-order valence-corrected chi connectivity index (χ3v) is 1.95. The van der Waals surface area contributed by atoms with Gasteiger partial charge >= 0.3 is 6.18 Å². The predicted molar refractivity (Wildman–Crippen MR) is 52.1 cm³/mol. The number of nitrogens with one attached hydrogen (secondary N) is 1. The lowest BCUT2D eigenvalue weighted by atomic mass is 9.92. The number of nitriles is 1. The highest BCUT2D eigenvalue weighted by molar-refractivity contribution is 4.89. The van der Waals surface area contributed by atoms with Gasteiger partial charge < -0.3 is 5.32 Å². The number of alkyl halides is 3. The number of halogens is 3. The smallest absolute Gasteiger partial charge is 0.315 e.